The minimum Gasteiger partial charge on any atom is -0.496 e. The average molecular weight is 971 g/mol. The Morgan fingerprint density at radius 3 is 1.47 bits per heavy atom. The van der Waals surface area contributed by atoms with E-state index in [0.717, 1.165) is 59.3 Å². The molecule has 2 aliphatic rings. The van der Waals surface area contributed by atoms with E-state index in [-0.39, 0.29) is 58.3 Å². The molecule has 4 aromatic rings. The lowest BCUT2D eigenvalue weighted by Crippen LogP contribution is -2.52. The number of carbonyl (C=O) groups excluding carboxylic acids is 2. The maximum absolute atomic E-state index is 12.8. The van der Waals surface area contributed by atoms with Gasteiger partial charge in [-0.25, -0.2) is 9.59 Å². The van der Waals surface area contributed by atoms with Gasteiger partial charge in [-0.3, -0.25) is 0 Å². The van der Waals surface area contributed by atoms with Crippen molar-refractivity contribution in [2.45, 2.75) is 83.6 Å². The van der Waals surface area contributed by atoms with Crippen LogP contribution in [0.3, 0.4) is 0 Å². The van der Waals surface area contributed by atoms with Crippen LogP contribution < -0.4 is 23.7 Å². The predicted octanol–water partition coefficient (Wildman–Crippen LogP) is 4.33. The lowest BCUT2D eigenvalue weighted by atomic mass is 9.83. The molecule has 5 N–H and O–H groups in total. The van der Waals surface area contributed by atoms with Crippen LogP contribution in [-0.2, 0) is 77.8 Å². The first kappa shape index (κ1) is 53.5. The van der Waals surface area contributed by atoms with Gasteiger partial charge in [-0.05, 0) is 75.3 Å². The van der Waals surface area contributed by atoms with Gasteiger partial charge in [0.15, 0.2) is 23.0 Å². The molecule has 0 aromatic heterocycles. The zero-order valence-corrected chi connectivity index (χ0v) is 41.6. The van der Waals surface area contributed by atoms with Gasteiger partial charge in [0.25, 0.3) is 0 Å². The molecule has 0 unspecified atom stereocenters. The van der Waals surface area contributed by atoms with E-state index in [4.69, 9.17) is 33.2 Å². The molecule has 0 aliphatic carbocycles. The van der Waals surface area contributed by atoms with Crippen LogP contribution in [0.4, 0.5) is 0 Å². The Labute approximate surface area is 411 Å². The summed E-state index contributed by atoms with van der Waals surface area (Å²) in [5.41, 5.74) is 9.30. The Kier molecular flexibility index (Phi) is 18.5. The van der Waals surface area contributed by atoms with Crippen LogP contribution >= 0.6 is 0 Å². The molecule has 2 heterocycles. The molecule has 0 saturated carbocycles. The number of methoxy groups -OCH3 is 5. The minimum atomic E-state index is -0.837. The third kappa shape index (κ3) is 12.0. The van der Waals surface area contributed by atoms with E-state index in [9.17, 15) is 35.1 Å². The highest BCUT2D eigenvalue weighted by atomic mass is 16.5. The number of aliphatic hydroxyl groups excluding tert-OH is 5. The van der Waals surface area contributed by atoms with Crippen LogP contribution in [0.25, 0.3) is 0 Å². The maximum Gasteiger partial charge on any atom is 0.384 e. The molecule has 0 radical (unpaired) electrons. The van der Waals surface area contributed by atoms with Gasteiger partial charge in [0.1, 0.15) is 17.8 Å². The fourth-order valence-electron chi connectivity index (χ4n) is 10.5. The van der Waals surface area contributed by atoms with Crippen LogP contribution in [0.2, 0.25) is 0 Å². The molecular weight excluding hydrogens is 901 g/mol. The van der Waals surface area contributed by atoms with E-state index >= 15 is 0 Å². The highest BCUT2D eigenvalue weighted by molar-refractivity contribution is 5.98. The highest BCUT2D eigenvalue weighted by Gasteiger charge is 2.41. The second kappa shape index (κ2) is 24.3. The second-order valence-electron chi connectivity index (χ2n) is 18.5. The Morgan fingerprint density at radius 1 is 0.529 bits per heavy atom. The number of likely N-dealkylation sites (N-methyl/N-ethyl adjacent to an activating group) is 2. The van der Waals surface area contributed by atoms with Crippen LogP contribution in [0.5, 0.6) is 28.7 Å². The number of fused-ring (bicyclic) bond motifs is 2. The average Bonchev–Trinajstić information content (AvgIpc) is 3.38. The Morgan fingerprint density at radius 2 is 0.986 bits per heavy atom. The number of aliphatic hydroxyl groups is 5. The van der Waals surface area contributed by atoms with E-state index < -0.39 is 11.9 Å². The van der Waals surface area contributed by atoms with Gasteiger partial charge >= 0.3 is 11.9 Å². The SMILES string of the molecule is COc1cc2c(cc1OC)[C@@H](Cc1cc(CO)c(OC)c(OC)c1)[N@+](C)(CCCOC(=O)C#CC(=O)OCCC[N@+]1(C)CCc3cc(CO)c(CO)cc3[C@H]1Cc1cc(CO)c(CO)c(OC)c1)CC2. The first-order chi connectivity index (χ1) is 33.7. The largest absolute Gasteiger partial charge is 0.496 e. The first-order valence-corrected chi connectivity index (χ1v) is 23.7. The summed E-state index contributed by atoms with van der Waals surface area (Å²) < 4.78 is 40.3. The number of quaternary nitrogens is 2. The quantitative estimate of drug-likeness (QED) is 0.0245. The van der Waals surface area contributed by atoms with Crippen LogP contribution in [-0.4, -0.2) is 135 Å². The van der Waals surface area contributed by atoms with Gasteiger partial charge in [0.05, 0.1) is 122 Å². The lowest BCUT2D eigenvalue weighted by molar-refractivity contribution is -0.941. The molecule has 0 amide bonds. The molecule has 70 heavy (non-hydrogen) atoms. The lowest BCUT2D eigenvalue weighted by Gasteiger charge is -2.46. The molecule has 378 valence electrons. The van der Waals surface area contributed by atoms with Crippen molar-refractivity contribution in [2.24, 2.45) is 0 Å². The molecule has 6 rings (SSSR count). The number of nitrogens with zero attached hydrogens (tertiary/aromatic N) is 2. The number of esters is 2. The maximum atomic E-state index is 12.8. The van der Waals surface area contributed by atoms with Gasteiger partial charge in [0.2, 0.25) is 0 Å². The highest BCUT2D eigenvalue weighted by Crippen LogP contribution is 2.44. The molecule has 4 aromatic carbocycles. The predicted molar refractivity (Wildman–Crippen MR) is 259 cm³/mol. The monoisotopic (exact) mass is 970 g/mol. The van der Waals surface area contributed by atoms with Crippen molar-refractivity contribution in [3.05, 3.63) is 110 Å². The molecule has 16 nitrogen and oxygen atoms in total. The Balaban J connectivity index is 1.08. The van der Waals surface area contributed by atoms with Crippen LogP contribution in [0, 0.1) is 11.8 Å². The first-order valence-electron chi connectivity index (χ1n) is 23.7. The van der Waals surface area contributed by atoms with Gasteiger partial charge in [-0.15, -0.1) is 0 Å². The van der Waals surface area contributed by atoms with Gasteiger partial charge in [-0.2, -0.15) is 0 Å². The topological polar surface area (TPSA) is 200 Å². The number of benzene rings is 4. The molecule has 0 saturated heterocycles. The third-order valence-electron chi connectivity index (χ3n) is 14.4. The smallest absolute Gasteiger partial charge is 0.384 e. The number of hydrogen-bond donors (Lipinski definition) is 5. The van der Waals surface area contributed by atoms with Crippen molar-refractivity contribution in [3.8, 4) is 40.6 Å². The number of hydrogen-bond acceptors (Lipinski definition) is 14. The fraction of sp³-hybridized carbons (Fsp3) is 0.481. The van der Waals surface area contributed by atoms with Gasteiger partial charge < -0.3 is 67.7 Å². The fourth-order valence-corrected chi connectivity index (χ4v) is 10.5. The van der Waals surface area contributed by atoms with E-state index in [1.54, 1.807) is 28.4 Å². The summed E-state index contributed by atoms with van der Waals surface area (Å²) in [6.07, 6.45) is 3.68. The van der Waals surface area contributed by atoms with Crippen LogP contribution in [0.15, 0.2) is 48.5 Å². The summed E-state index contributed by atoms with van der Waals surface area (Å²) in [6, 6.07) is 15.5. The molecule has 2 aliphatic heterocycles. The normalized spacial score (nSPS) is 19.2. The Bertz CT molecular complexity index is 2330. The zero-order chi connectivity index (χ0) is 50.6. The number of carbonyl (C=O) groups is 2. The van der Waals surface area contributed by atoms with Crippen molar-refractivity contribution < 1.29 is 77.2 Å². The summed E-state index contributed by atoms with van der Waals surface area (Å²) in [4.78, 5) is 25.5. The van der Waals surface area contributed by atoms with Crippen molar-refractivity contribution in [2.75, 3.05) is 89.0 Å². The van der Waals surface area contributed by atoms with E-state index in [1.807, 2.05) is 48.5 Å². The number of ether oxygens (including phenoxy) is 7. The van der Waals surface area contributed by atoms with Crippen molar-refractivity contribution in [3.63, 3.8) is 0 Å². The van der Waals surface area contributed by atoms with Gasteiger partial charge in [0, 0.05) is 72.6 Å². The Hall–Kier alpha value is -5.90. The van der Waals surface area contributed by atoms with Crippen molar-refractivity contribution in [1.29, 1.82) is 0 Å². The van der Waals surface area contributed by atoms with Crippen LogP contribution in [0.1, 0.15) is 86.1 Å². The standard InChI is InChI=1S/C54H70N2O14/c1-55(16-12-37-26-39(30-57)40(31-58)27-43(37)46(55)22-35-20-41(32-59)45(34-61)48(24-35)64-3)14-8-18-69-52(62)10-11-53(63)70-19-9-15-56(2)17-13-38-28-49(65-4)50(66-5)29-44(38)47(56)23-36-21-42(33-60)54(68-7)51(25-36)67-6/h20-21,24-29,46-47,57-61H,8-9,12-19,22-23,30-34H2,1-7H3/q+2/t46-,47-,55-,56-/m1/s1. The van der Waals surface area contributed by atoms with Gasteiger partial charge in [-0.1, -0.05) is 12.1 Å². The van der Waals surface area contributed by atoms with E-state index in [0.29, 0.717) is 104 Å². The molecule has 16 heteroatoms. The zero-order valence-electron chi connectivity index (χ0n) is 41.6. The molecule has 4 atom stereocenters. The van der Waals surface area contributed by atoms with Crippen molar-refractivity contribution in [1.82, 2.24) is 0 Å². The minimum absolute atomic E-state index is 0.0483. The van der Waals surface area contributed by atoms with E-state index in [2.05, 4.69) is 25.9 Å². The summed E-state index contributed by atoms with van der Waals surface area (Å²) in [5.74, 6) is 5.69. The summed E-state index contributed by atoms with van der Waals surface area (Å²) in [5, 5.41) is 50.6. The molecule has 0 fully saturated rings. The van der Waals surface area contributed by atoms with Crippen molar-refractivity contribution >= 4 is 11.9 Å². The summed E-state index contributed by atoms with van der Waals surface area (Å²) in [6.45, 7) is 1.80. The third-order valence-corrected chi connectivity index (χ3v) is 14.4. The molecular formula is C54H70N2O14+2. The summed E-state index contributed by atoms with van der Waals surface area (Å²) >= 11 is 0. The molecule has 0 bridgehead atoms. The second-order valence-corrected chi connectivity index (χ2v) is 18.5. The molecule has 0 spiro atoms. The number of rotatable bonds is 22. The van der Waals surface area contributed by atoms with E-state index in [1.165, 1.54) is 7.11 Å². The summed E-state index contributed by atoms with van der Waals surface area (Å²) in [7, 11) is 12.2.